The van der Waals surface area contributed by atoms with Gasteiger partial charge in [-0.1, -0.05) is 36.6 Å². The van der Waals surface area contributed by atoms with Gasteiger partial charge in [-0.15, -0.1) is 0 Å². The molecule has 1 aliphatic heterocycles. The molecular weight excluding hydrogens is 404 g/mol. The molecule has 8 nitrogen and oxygen atoms in total. The summed E-state index contributed by atoms with van der Waals surface area (Å²) in [5, 5.41) is 10.1. The number of rotatable bonds is 4. The van der Waals surface area contributed by atoms with Crippen LogP contribution in [-0.2, 0) is 0 Å². The molecule has 4 rings (SSSR count). The number of Topliss-reactive ketones (excluding diaryl/α,β-unsaturated/α-hetero) is 1. The average Bonchev–Trinajstić information content (AvgIpc) is 3.04. The number of carbonyl (C=O) groups is 1. The van der Waals surface area contributed by atoms with Gasteiger partial charge in [-0.25, -0.2) is 15.0 Å². The molecule has 0 bridgehead atoms. The van der Waals surface area contributed by atoms with Gasteiger partial charge in [0.05, 0.1) is 28.2 Å². The van der Waals surface area contributed by atoms with E-state index in [1.165, 1.54) is 6.20 Å². The van der Waals surface area contributed by atoms with E-state index in [9.17, 15) is 14.9 Å². The largest absolute Gasteiger partial charge is 0.341 e. The molecule has 1 atom stereocenters. The second-order valence-electron chi connectivity index (χ2n) is 7.16. The van der Waals surface area contributed by atoms with Crippen molar-refractivity contribution in [2.45, 2.75) is 31.6 Å². The van der Waals surface area contributed by atoms with E-state index in [2.05, 4.69) is 19.9 Å². The van der Waals surface area contributed by atoms with Crippen molar-refractivity contribution in [3.63, 3.8) is 0 Å². The maximum atomic E-state index is 13.2. The van der Waals surface area contributed by atoms with Gasteiger partial charge in [0, 0.05) is 13.1 Å². The van der Waals surface area contributed by atoms with Crippen LogP contribution in [0.4, 0.5) is 5.95 Å². The lowest BCUT2D eigenvalue weighted by Gasteiger charge is -2.20. The fraction of sp³-hybridized carbons (Fsp3) is 0.333. The van der Waals surface area contributed by atoms with Crippen LogP contribution in [0, 0.1) is 11.3 Å². The van der Waals surface area contributed by atoms with Gasteiger partial charge in [0.1, 0.15) is 11.5 Å². The number of halogens is 1. The molecule has 9 heteroatoms. The molecule has 0 radical (unpaired) electrons. The first-order valence-corrected chi connectivity index (χ1v) is 10.2. The van der Waals surface area contributed by atoms with Gasteiger partial charge in [0.2, 0.25) is 11.7 Å². The zero-order valence-corrected chi connectivity index (χ0v) is 16.9. The molecule has 1 aliphatic rings. The molecule has 0 amide bonds. The summed E-state index contributed by atoms with van der Waals surface area (Å²) in [5.74, 6) is -1.58. The molecule has 152 valence electrons. The number of carbonyl (C=O) groups excluding carboxylic acids is 1. The van der Waals surface area contributed by atoms with Gasteiger partial charge >= 0.3 is 0 Å². The van der Waals surface area contributed by atoms with Crippen molar-refractivity contribution in [2.75, 3.05) is 18.0 Å². The number of nitriles is 1. The number of nitrogens with one attached hydrogen (secondary N) is 1. The fourth-order valence-corrected chi connectivity index (χ4v) is 3.76. The summed E-state index contributed by atoms with van der Waals surface area (Å²) in [6.07, 6.45) is 5.73. The van der Waals surface area contributed by atoms with E-state index in [0.717, 1.165) is 38.8 Å². The Morgan fingerprint density at radius 2 is 1.90 bits per heavy atom. The maximum absolute atomic E-state index is 13.2. The molecule has 0 saturated carbocycles. The van der Waals surface area contributed by atoms with Gasteiger partial charge in [-0.3, -0.25) is 9.59 Å². The second-order valence-corrected chi connectivity index (χ2v) is 7.57. The van der Waals surface area contributed by atoms with E-state index >= 15 is 0 Å². The van der Waals surface area contributed by atoms with Crippen LogP contribution in [0.25, 0.3) is 10.9 Å². The number of hydrogen-bond acceptors (Lipinski definition) is 7. The third-order valence-electron chi connectivity index (χ3n) is 5.15. The average molecular weight is 423 g/mol. The number of ketones is 1. The molecular formula is C21H19ClN6O2. The van der Waals surface area contributed by atoms with Crippen LogP contribution in [-0.4, -0.2) is 38.8 Å². The van der Waals surface area contributed by atoms with Gasteiger partial charge < -0.3 is 9.88 Å². The van der Waals surface area contributed by atoms with E-state index in [1.807, 2.05) is 11.0 Å². The number of hydrogen-bond donors (Lipinski definition) is 1. The van der Waals surface area contributed by atoms with E-state index in [1.54, 1.807) is 24.3 Å². The predicted octanol–water partition coefficient (Wildman–Crippen LogP) is 3.24. The summed E-state index contributed by atoms with van der Waals surface area (Å²) in [5.41, 5.74) is -0.0562. The van der Waals surface area contributed by atoms with Crippen molar-refractivity contribution in [1.29, 1.82) is 5.26 Å². The molecule has 1 N–H and O–H groups in total. The third-order valence-corrected chi connectivity index (χ3v) is 5.43. The highest BCUT2D eigenvalue weighted by Crippen LogP contribution is 2.24. The van der Waals surface area contributed by atoms with E-state index in [0.29, 0.717) is 16.9 Å². The van der Waals surface area contributed by atoms with Gasteiger partial charge in [-0.2, -0.15) is 5.26 Å². The van der Waals surface area contributed by atoms with Crippen LogP contribution in [0.1, 0.15) is 47.9 Å². The number of benzene rings is 1. The number of fused-ring (bicyclic) bond motifs is 1. The number of anilines is 1. The fourth-order valence-electron chi connectivity index (χ4n) is 3.58. The Balaban J connectivity index is 1.71. The molecule has 1 saturated heterocycles. The summed E-state index contributed by atoms with van der Waals surface area (Å²) in [4.78, 5) is 43.1. The first kappa shape index (κ1) is 20.0. The standard InChI is InChI=1S/C21H19ClN6O2/c22-15-12-24-21(28-9-5-1-2-6-10-28)26-17(15)18(29)14(11-23)19-25-16-8-4-3-7-13(16)20(30)27-19/h3-4,7-8,12,14H,1-2,5-6,9-10H2,(H,25,27,30)/t14-/m0/s1. The van der Waals surface area contributed by atoms with Crippen LogP contribution < -0.4 is 10.5 Å². The Morgan fingerprint density at radius 3 is 2.63 bits per heavy atom. The molecule has 0 unspecified atom stereocenters. The highest BCUT2D eigenvalue weighted by Gasteiger charge is 2.29. The lowest BCUT2D eigenvalue weighted by atomic mass is 10.0. The van der Waals surface area contributed by atoms with Crippen LogP contribution in [0.3, 0.4) is 0 Å². The quantitative estimate of drug-likeness (QED) is 0.641. The minimum atomic E-state index is -1.34. The minimum absolute atomic E-state index is 0.0304. The zero-order valence-electron chi connectivity index (χ0n) is 16.1. The monoisotopic (exact) mass is 422 g/mol. The molecule has 1 fully saturated rings. The van der Waals surface area contributed by atoms with Gasteiger partial charge in [0.15, 0.2) is 5.92 Å². The van der Waals surface area contributed by atoms with Gasteiger partial charge in [-0.05, 0) is 25.0 Å². The van der Waals surface area contributed by atoms with Crippen molar-refractivity contribution in [1.82, 2.24) is 19.9 Å². The smallest absolute Gasteiger partial charge is 0.258 e. The molecule has 3 heterocycles. The number of aromatic amines is 1. The highest BCUT2D eigenvalue weighted by atomic mass is 35.5. The van der Waals surface area contributed by atoms with Gasteiger partial charge in [0.25, 0.3) is 5.56 Å². The van der Waals surface area contributed by atoms with Crippen LogP contribution >= 0.6 is 11.6 Å². The number of aromatic nitrogens is 4. The maximum Gasteiger partial charge on any atom is 0.258 e. The lowest BCUT2D eigenvalue weighted by Crippen LogP contribution is -2.27. The van der Waals surface area contributed by atoms with Crippen molar-refractivity contribution in [3.05, 3.63) is 57.4 Å². The SMILES string of the molecule is N#C[C@@H](C(=O)c1nc(N2CCCCCC2)ncc1Cl)c1nc2ccccc2c(=O)[nH]1. The molecule has 30 heavy (non-hydrogen) atoms. The Labute approximate surface area is 177 Å². The number of nitrogens with zero attached hydrogens (tertiary/aromatic N) is 5. The first-order chi connectivity index (χ1) is 14.6. The van der Waals surface area contributed by atoms with Crippen LogP contribution in [0.2, 0.25) is 5.02 Å². The lowest BCUT2D eigenvalue weighted by molar-refractivity contribution is 0.0971. The summed E-state index contributed by atoms with van der Waals surface area (Å²) in [7, 11) is 0. The summed E-state index contributed by atoms with van der Waals surface area (Å²) >= 11 is 6.21. The summed E-state index contributed by atoms with van der Waals surface area (Å²) in [6.45, 7) is 1.60. The Hall–Kier alpha value is -3.31. The van der Waals surface area contributed by atoms with Crippen molar-refractivity contribution < 1.29 is 4.79 Å². The van der Waals surface area contributed by atoms with E-state index < -0.39 is 17.3 Å². The van der Waals surface area contributed by atoms with E-state index in [-0.39, 0.29) is 16.5 Å². The topological polar surface area (TPSA) is 116 Å². The second kappa shape index (κ2) is 8.59. The van der Waals surface area contributed by atoms with Crippen molar-refractivity contribution >= 4 is 34.2 Å². The Kier molecular flexibility index (Phi) is 5.72. The number of para-hydroxylation sites is 1. The Morgan fingerprint density at radius 1 is 1.17 bits per heavy atom. The predicted molar refractivity (Wildman–Crippen MR) is 113 cm³/mol. The molecule has 1 aromatic carbocycles. The van der Waals surface area contributed by atoms with Crippen molar-refractivity contribution in [2.24, 2.45) is 0 Å². The summed E-state index contributed by atoms with van der Waals surface area (Å²) < 4.78 is 0. The molecule has 0 aliphatic carbocycles. The summed E-state index contributed by atoms with van der Waals surface area (Å²) in [6, 6.07) is 8.66. The third kappa shape index (κ3) is 3.89. The normalized spacial score (nSPS) is 15.4. The Bertz CT molecular complexity index is 1190. The zero-order chi connectivity index (χ0) is 21.1. The van der Waals surface area contributed by atoms with Crippen molar-refractivity contribution in [3.8, 4) is 6.07 Å². The molecule has 2 aromatic heterocycles. The molecule has 0 spiro atoms. The number of H-pyrrole nitrogens is 1. The minimum Gasteiger partial charge on any atom is -0.341 e. The first-order valence-electron chi connectivity index (χ1n) is 9.79. The van der Waals surface area contributed by atoms with Crippen LogP contribution in [0.15, 0.2) is 35.3 Å². The molecule has 3 aromatic rings. The highest BCUT2D eigenvalue weighted by molar-refractivity contribution is 6.33. The van der Waals surface area contributed by atoms with E-state index in [4.69, 9.17) is 11.6 Å². The van der Waals surface area contributed by atoms with Crippen LogP contribution in [0.5, 0.6) is 0 Å².